The lowest BCUT2D eigenvalue weighted by atomic mass is 10.1. The minimum Gasteiger partial charge on any atom is -0.478 e. The number of rotatable bonds is 5. The van der Waals surface area contributed by atoms with Crippen LogP contribution in [0.5, 0.6) is 0 Å². The second-order valence-electron chi connectivity index (χ2n) is 7.54. The molecule has 0 fully saturated rings. The zero-order valence-corrected chi connectivity index (χ0v) is 18.4. The fourth-order valence-electron chi connectivity index (χ4n) is 3.47. The summed E-state index contributed by atoms with van der Waals surface area (Å²) in [5.74, 6) is 3.00. The average Bonchev–Trinajstić information content (AvgIpc) is 3.55. The maximum absolute atomic E-state index is 14.5. The summed E-state index contributed by atoms with van der Waals surface area (Å²) in [5, 5.41) is 17.8. The minimum atomic E-state index is -1.15. The van der Waals surface area contributed by atoms with E-state index >= 15 is 0 Å². The van der Waals surface area contributed by atoms with Gasteiger partial charge in [0.05, 0.1) is 24.0 Å². The van der Waals surface area contributed by atoms with Crippen LogP contribution in [0.3, 0.4) is 0 Å². The first-order valence-corrected chi connectivity index (χ1v) is 10.6. The van der Waals surface area contributed by atoms with Gasteiger partial charge in [-0.15, -0.1) is 0 Å². The molecule has 5 aromatic rings. The number of hydrogen-bond acceptors (Lipinski definition) is 6. The van der Waals surface area contributed by atoms with E-state index in [1.807, 2.05) is 0 Å². The Labute approximate surface area is 202 Å². The van der Waals surface area contributed by atoms with E-state index in [-0.39, 0.29) is 34.9 Å². The molecule has 0 radical (unpaired) electrons. The molecule has 5 rings (SSSR count). The molecule has 0 atom stereocenters. The summed E-state index contributed by atoms with van der Waals surface area (Å²) >= 11 is 0. The highest BCUT2D eigenvalue weighted by molar-refractivity contribution is 5.90. The molecule has 0 aliphatic rings. The molecule has 0 aliphatic heterocycles. The Bertz CT molecular complexity index is 1640. The maximum atomic E-state index is 14.5. The van der Waals surface area contributed by atoms with E-state index in [2.05, 4.69) is 32.1 Å². The lowest BCUT2D eigenvalue weighted by Gasteiger charge is -2.06. The summed E-state index contributed by atoms with van der Waals surface area (Å²) < 4.78 is 35.2. The molecule has 1 N–H and O–H groups in total. The topological polar surface area (TPSA) is 107 Å². The number of carboxylic acid groups (broad SMARTS) is 1. The van der Waals surface area contributed by atoms with Crippen LogP contribution in [0.1, 0.15) is 27.2 Å². The van der Waals surface area contributed by atoms with Crippen molar-refractivity contribution < 1.29 is 23.2 Å². The molecule has 3 heterocycles. The van der Waals surface area contributed by atoms with Crippen molar-refractivity contribution in [3.63, 3.8) is 0 Å². The predicted octanol–water partition coefficient (Wildman–Crippen LogP) is 4.42. The van der Waals surface area contributed by atoms with Gasteiger partial charge in [-0.1, -0.05) is 41.4 Å². The highest BCUT2D eigenvalue weighted by Crippen LogP contribution is 2.25. The molecule has 0 saturated carbocycles. The van der Waals surface area contributed by atoms with Crippen LogP contribution in [-0.4, -0.2) is 36.0 Å². The number of nitrogens with zero attached hydrogens (tertiary/aromatic N) is 5. The van der Waals surface area contributed by atoms with E-state index < -0.39 is 17.6 Å². The van der Waals surface area contributed by atoms with Crippen molar-refractivity contribution in [2.75, 3.05) is 0 Å². The number of aromatic nitrogens is 5. The monoisotopic (exact) mass is 483 g/mol. The molecule has 0 spiro atoms. The average molecular weight is 483 g/mol. The number of carbonyl (C=O) groups is 1. The van der Waals surface area contributed by atoms with Crippen LogP contribution in [0.4, 0.5) is 8.78 Å². The van der Waals surface area contributed by atoms with Crippen molar-refractivity contribution in [3.8, 4) is 34.7 Å². The van der Waals surface area contributed by atoms with Gasteiger partial charge < -0.3 is 9.63 Å². The third-order valence-electron chi connectivity index (χ3n) is 5.20. The number of carboxylic acids is 1. The molecule has 3 aromatic heterocycles. The Kier molecular flexibility index (Phi) is 6.03. The molecule has 0 unspecified atom stereocenters. The van der Waals surface area contributed by atoms with Crippen molar-refractivity contribution >= 4 is 5.97 Å². The van der Waals surface area contributed by atoms with Crippen LogP contribution >= 0.6 is 0 Å². The van der Waals surface area contributed by atoms with Gasteiger partial charge in [-0.2, -0.15) is 5.10 Å². The zero-order valence-electron chi connectivity index (χ0n) is 18.4. The quantitative estimate of drug-likeness (QED) is 0.369. The molecule has 0 amide bonds. The first kappa shape index (κ1) is 22.6. The Morgan fingerprint density at radius 1 is 1.00 bits per heavy atom. The van der Waals surface area contributed by atoms with Gasteiger partial charge in [-0.25, -0.2) is 23.5 Å². The molecule has 0 saturated heterocycles. The zero-order chi connectivity index (χ0) is 25.1. The van der Waals surface area contributed by atoms with E-state index in [9.17, 15) is 18.7 Å². The molecular formula is C26H15F2N5O3. The van der Waals surface area contributed by atoms with Crippen LogP contribution in [0.25, 0.3) is 22.9 Å². The van der Waals surface area contributed by atoms with Crippen LogP contribution < -0.4 is 0 Å². The molecule has 0 bridgehead atoms. The summed E-state index contributed by atoms with van der Waals surface area (Å²) in [6.07, 6.45) is 2.35. The standard InChI is InChI=1S/C26H15F2N5O3/c27-19-8-4-2-6-17(19)15-33-24(22-11-12-36-32-22)13-23(31-33)25-29-14-20(28)21(30-25)10-9-16-5-1-3-7-18(16)26(34)35/h1-8,11-14H,15H2,(H,34,35). The van der Waals surface area contributed by atoms with Crippen LogP contribution in [0, 0.1) is 23.5 Å². The van der Waals surface area contributed by atoms with Crippen LogP contribution in [-0.2, 0) is 6.54 Å². The molecule has 2 aromatic carbocycles. The van der Waals surface area contributed by atoms with Gasteiger partial charge in [0.2, 0.25) is 0 Å². The van der Waals surface area contributed by atoms with Crippen molar-refractivity contribution in [3.05, 3.63) is 107 Å². The highest BCUT2D eigenvalue weighted by Gasteiger charge is 2.18. The third kappa shape index (κ3) is 4.58. The van der Waals surface area contributed by atoms with Crippen LogP contribution in [0.2, 0.25) is 0 Å². The Balaban J connectivity index is 1.55. The van der Waals surface area contributed by atoms with E-state index in [0.29, 0.717) is 17.0 Å². The molecule has 10 heteroatoms. The molecule has 0 aliphatic carbocycles. The van der Waals surface area contributed by atoms with Gasteiger partial charge in [0.1, 0.15) is 23.5 Å². The number of halogens is 2. The van der Waals surface area contributed by atoms with Gasteiger partial charge in [-0.05, 0) is 30.2 Å². The Hall–Kier alpha value is -5.17. The predicted molar refractivity (Wildman–Crippen MR) is 124 cm³/mol. The Morgan fingerprint density at radius 2 is 1.81 bits per heavy atom. The fraction of sp³-hybridized carbons (Fsp3) is 0.0385. The van der Waals surface area contributed by atoms with Gasteiger partial charge in [-0.3, -0.25) is 4.68 Å². The highest BCUT2D eigenvalue weighted by atomic mass is 19.1. The summed E-state index contributed by atoms with van der Waals surface area (Å²) in [4.78, 5) is 19.6. The summed E-state index contributed by atoms with van der Waals surface area (Å²) in [6, 6.07) is 15.7. The summed E-state index contributed by atoms with van der Waals surface area (Å²) in [5.41, 5.74) is 1.62. The number of hydrogen-bond donors (Lipinski definition) is 1. The van der Waals surface area contributed by atoms with E-state index in [4.69, 9.17) is 4.52 Å². The lowest BCUT2D eigenvalue weighted by molar-refractivity contribution is 0.0696. The van der Waals surface area contributed by atoms with E-state index in [0.717, 1.165) is 6.20 Å². The summed E-state index contributed by atoms with van der Waals surface area (Å²) in [7, 11) is 0. The largest absolute Gasteiger partial charge is 0.478 e. The van der Waals surface area contributed by atoms with E-state index in [1.165, 1.54) is 29.1 Å². The fourth-order valence-corrected chi connectivity index (χ4v) is 3.47. The second-order valence-corrected chi connectivity index (χ2v) is 7.54. The van der Waals surface area contributed by atoms with Crippen LogP contribution in [0.15, 0.2) is 77.6 Å². The van der Waals surface area contributed by atoms with Gasteiger partial charge in [0.25, 0.3) is 0 Å². The minimum absolute atomic E-state index is 0.0103. The van der Waals surface area contributed by atoms with Gasteiger partial charge in [0, 0.05) is 17.2 Å². The summed E-state index contributed by atoms with van der Waals surface area (Å²) in [6.45, 7) is 0.0920. The van der Waals surface area contributed by atoms with Gasteiger partial charge >= 0.3 is 5.97 Å². The Morgan fingerprint density at radius 3 is 2.58 bits per heavy atom. The number of benzene rings is 2. The smallest absolute Gasteiger partial charge is 0.336 e. The lowest BCUT2D eigenvalue weighted by Crippen LogP contribution is -2.06. The number of aromatic carboxylic acids is 1. The second kappa shape index (κ2) is 9.60. The first-order valence-electron chi connectivity index (χ1n) is 10.6. The normalized spacial score (nSPS) is 10.6. The van der Waals surface area contributed by atoms with Crippen molar-refractivity contribution in [2.24, 2.45) is 0 Å². The molecule has 176 valence electrons. The molecular weight excluding hydrogens is 468 g/mol. The third-order valence-corrected chi connectivity index (χ3v) is 5.20. The van der Waals surface area contributed by atoms with Crippen molar-refractivity contribution in [1.82, 2.24) is 24.9 Å². The van der Waals surface area contributed by atoms with Crippen molar-refractivity contribution in [1.29, 1.82) is 0 Å². The molecule has 8 nitrogen and oxygen atoms in total. The van der Waals surface area contributed by atoms with Gasteiger partial charge in [0.15, 0.2) is 17.3 Å². The van der Waals surface area contributed by atoms with Crippen molar-refractivity contribution in [2.45, 2.75) is 6.54 Å². The SMILES string of the molecule is O=C(O)c1ccccc1C#Cc1nc(-c2cc(-c3ccon3)n(Cc3ccccc3F)n2)ncc1F. The van der Waals surface area contributed by atoms with E-state index in [1.54, 1.807) is 42.5 Å². The first-order chi connectivity index (χ1) is 17.5. The maximum Gasteiger partial charge on any atom is 0.336 e. The molecule has 36 heavy (non-hydrogen) atoms.